The smallest absolute Gasteiger partial charge is 0.218 e. The van der Waals surface area contributed by atoms with Crippen LogP contribution in [0.5, 0.6) is 5.75 Å². The molecule has 1 aromatic carbocycles. The second-order valence-electron chi connectivity index (χ2n) is 5.18. The summed E-state index contributed by atoms with van der Waals surface area (Å²) in [7, 11) is 1.68. The summed E-state index contributed by atoms with van der Waals surface area (Å²) in [6, 6.07) is 8.22. The van der Waals surface area contributed by atoms with E-state index in [1.54, 1.807) is 7.11 Å². The van der Waals surface area contributed by atoms with Crippen molar-refractivity contribution in [3.63, 3.8) is 0 Å². The molecule has 0 saturated carbocycles. The molecule has 1 amide bonds. The average molecular weight is 277 g/mol. The van der Waals surface area contributed by atoms with E-state index in [2.05, 4.69) is 21.9 Å². The first-order chi connectivity index (χ1) is 9.67. The third-order valence-electron chi connectivity index (χ3n) is 3.70. The van der Waals surface area contributed by atoms with Crippen LogP contribution in [0, 0.1) is 0 Å². The zero-order valence-electron chi connectivity index (χ0n) is 12.0. The van der Waals surface area contributed by atoms with E-state index < -0.39 is 0 Å². The van der Waals surface area contributed by atoms with Gasteiger partial charge in [-0.15, -0.1) is 0 Å². The fraction of sp³-hybridized carbons (Fsp3) is 0.533. The molecule has 1 heterocycles. The third kappa shape index (κ3) is 4.51. The lowest BCUT2D eigenvalue weighted by atomic mass is 10.2. The van der Waals surface area contributed by atoms with Gasteiger partial charge in [0.2, 0.25) is 5.91 Å². The van der Waals surface area contributed by atoms with Crippen molar-refractivity contribution < 1.29 is 9.53 Å². The van der Waals surface area contributed by atoms with Crippen LogP contribution in [0.3, 0.4) is 0 Å². The molecule has 0 spiro atoms. The van der Waals surface area contributed by atoms with E-state index in [-0.39, 0.29) is 5.91 Å². The zero-order valence-corrected chi connectivity index (χ0v) is 12.0. The summed E-state index contributed by atoms with van der Waals surface area (Å²) in [5, 5.41) is 0. The van der Waals surface area contributed by atoms with Gasteiger partial charge in [0.25, 0.3) is 0 Å². The molecule has 0 bridgehead atoms. The Hall–Kier alpha value is -1.59. The van der Waals surface area contributed by atoms with Crippen LogP contribution in [0.15, 0.2) is 24.3 Å². The molecule has 1 saturated heterocycles. The number of nitrogens with zero attached hydrogens (tertiary/aromatic N) is 2. The van der Waals surface area contributed by atoms with Crippen molar-refractivity contribution in [3.05, 3.63) is 29.8 Å². The Balaban J connectivity index is 1.74. The second-order valence-corrected chi connectivity index (χ2v) is 5.18. The standard InChI is InChI=1S/C15H23N3O2/c1-20-14-4-2-13(3-5-14)12-18-10-8-17(9-11-18)7-6-15(16)19/h2-5H,6-12H2,1H3,(H2,16,19). The Bertz CT molecular complexity index is 425. The summed E-state index contributed by atoms with van der Waals surface area (Å²) >= 11 is 0. The lowest BCUT2D eigenvalue weighted by Crippen LogP contribution is -2.46. The van der Waals surface area contributed by atoms with Gasteiger partial charge in [-0.25, -0.2) is 0 Å². The molecule has 1 aliphatic heterocycles. The van der Waals surface area contributed by atoms with Gasteiger partial charge in [-0.3, -0.25) is 9.69 Å². The summed E-state index contributed by atoms with van der Waals surface area (Å²) in [5.74, 6) is 0.677. The molecule has 20 heavy (non-hydrogen) atoms. The number of methoxy groups -OCH3 is 1. The van der Waals surface area contributed by atoms with Crippen molar-refractivity contribution in [2.75, 3.05) is 39.8 Å². The van der Waals surface area contributed by atoms with E-state index in [1.807, 2.05) is 12.1 Å². The minimum atomic E-state index is -0.217. The fourth-order valence-electron chi connectivity index (χ4n) is 2.43. The molecule has 0 aliphatic carbocycles. The van der Waals surface area contributed by atoms with Crippen LogP contribution in [0.25, 0.3) is 0 Å². The normalized spacial score (nSPS) is 17.1. The molecule has 5 heteroatoms. The number of ether oxygens (including phenoxy) is 1. The van der Waals surface area contributed by atoms with Gasteiger partial charge in [-0.2, -0.15) is 0 Å². The van der Waals surface area contributed by atoms with Crippen LogP contribution in [-0.2, 0) is 11.3 Å². The van der Waals surface area contributed by atoms with E-state index in [0.717, 1.165) is 45.0 Å². The maximum absolute atomic E-state index is 10.8. The van der Waals surface area contributed by atoms with Gasteiger partial charge >= 0.3 is 0 Å². The molecule has 2 rings (SSSR count). The highest BCUT2D eigenvalue weighted by molar-refractivity contribution is 5.73. The largest absolute Gasteiger partial charge is 0.497 e. The number of nitrogens with two attached hydrogens (primary N) is 1. The number of hydrogen-bond acceptors (Lipinski definition) is 4. The minimum absolute atomic E-state index is 0.217. The number of primary amides is 1. The van der Waals surface area contributed by atoms with Crippen molar-refractivity contribution in [2.24, 2.45) is 5.73 Å². The van der Waals surface area contributed by atoms with Gasteiger partial charge in [0.1, 0.15) is 5.75 Å². The maximum Gasteiger partial charge on any atom is 0.218 e. The predicted molar refractivity (Wildman–Crippen MR) is 78.5 cm³/mol. The average Bonchev–Trinajstić information content (AvgIpc) is 2.47. The van der Waals surface area contributed by atoms with Crippen LogP contribution < -0.4 is 10.5 Å². The molecule has 0 radical (unpaired) electrons. The summed E-state index contributed by atoms with van der Waals surface area (Å²) < 4.78 is 5.16. The third-order valence-corrected chi connectivity index (χ3v) is 3.70. The topological polar surface area (TPSA) is 58.8 Å². The van der Waals surface area contributed by atoms with Crippen molar-refractivity contribution in [2.45, 2.75) is 13.0 Å². The van der Waals surface area contributed by atoms with Crippen LogP contribution >= 0.6 is 0 Å². The highest BCUT2D eigenvalue weighted by atomic mass is 16.5. The minimum Gasteiger partial charge on any atom is -0.497 e. The van der Waals surface area contributed by atoms with Crippen LogP contribution in [0.1, 0.15) is 12.0 Å². The number of hydrogen-bond donors (Lipinski definition) is 1. The van der Waals surface area contributed by atoms with Gasteiger partial charge in [0.15, 0.2) is 0 Å². The number of benzene rings is 1. The first-order valence-corrected chi connectivity index (χ1v) is 7.03. The molecule has 0 aromatic heterocycles. The van der Waals surface area contributed by atoms with Crippen molar-refractivity contribution in [1.29, 1.82) is 0 Å². The van der Waals surface area contributed by atoms with Gasteiger partial charge in [-0.05, 0) is 17.7 Å². The van der Waals surface area contributed by atoms with Gasteiger partial charge in [0.05, 0.1) is 7.11 Å². The van der Waals surface area contributed by atoms with E-state index in [4.69, 9.17) is 10.5 Å². The Morgan fingerprint density at radius 2 is 1.75 bits per heavy atom. The molecule has 1 fully saturated rings. The van der Waals surface area contributed by atoms with Crippen molar-refractivity contribution in [1.82, 2.24) is 9.80 Å². The number of amides is 1. The Morgan fingerprint density at radius 3 is 2.30 bits per heavy atom. The lowest BCUT2D eigenvalue weighted by molar-refractivity contribution is -0.118. The molecule has 0 atom stereocenters. The summed E-state index contributed by atoms with van der Waals surface area (Å²) in [5.41, 5.74) is 6.48. The molecule has 2 N–H and O–H groups in total. The molecule has 110 valence electrons. The molecule has 0 unspecified atom stereocenters. The van der Waals surface area contributed by atoms with Gasteiger partial charge in [-0.1, -0.05) is 12.1 Å². The van der Waals surface area contributed by atoms with Crippen molar-refractivity contribution >= 4 is 5.91 Å². The van der Waals surface area contributed by atoms with Crippen LogP contribution in [0.4, 0.5) is 0 Å². The SMILES string of the molecule is COc1ccc(CN2CCN(CCC(N)=O)CC2)cc1. The molecular formula is C15H23N3O2. The second kappa shape index (κ2) is 7.26. The van der Waals surface area contributed by atoms with E-state index in [0.29, 0.717) is 6.42 Å². The van der Waals surface area contributed by atoms with Crippen molar-refractivity contribution in [3.8, 4) is 5.75 Å². The van der Waals surface area contributed by atoms with E-state index >= 15 is 0 Å². The zero-order chi connectivity index (χ0) is 14.4. The highest BCUT2D eigenvalue weighted by Gasteiger charge is 2.17. The number of carbonyl (C=O) groups excluding carboxylic acids is 1. The first-order valence-electron chi connectivity index (χ1n) is 7.03. The molecule has 1 aliphatic rings. The number of rotatable bonds is 6. The monoisotopic (exact) mass is 277 g/mol. The molecule has 5 nitrogen and oxygen atoms in total. The van der Waals surface area contributed by atoms with Crippen LogP contribution in [0.2, 0.25) is 0 Å². The van der Waals surface area contributed by atoms with Crippen LogP contribution in [-0.4, -0.2) is 55.5 Å². The van der Waals surface area contributed by atoms with Gasteiger partial charge in [0, 0.05) is 45.7 Å². The summed E-state index contributed by atoms with van der Waals surface area (Å²) in [6.07, 6.45) is 0.457. The predicted octanol–water partition coefficient (Wildman–Crippen LogP) is 0.688. The Morgan fingerprint density at radius 1 is 1.15 bits per heavy atom. The number of piperazine rings is 1. The summed E-state index contributed by atoms with van der Waals surface area (Å²) in [4.78, 5) is 15.5. The maximum atomic E-state index is 10.8. The van der Waals surface area contributed by atoms with E-state index in [9.17, 15) is 4.79 Å². The number of carbonyl (C=O) groups is 1. The first kappa shape index (κ1) is 14.8. The Labute approximate surface area is 120 Å². The quantitative estimate of drug-likeness (QED) is 0.831. The highest BCUT2D eigenvalue weighted by Crippen LogP contribution is 2.14. The molecule has 1 aromatic rings. The Kier molecular flexibility index (Phi) is 5.38. The van der Waals surface area contributed by atoms with Gasteiger partial charge < -0.3 is 15.4 Å². The summed E-state index contributed by atoms with van der Waals surface area (Å²) in [6.45, 7) is 5.82. The fourth-order valence-corrected chi connectivity index (χ4v) is 2.43. The molecular weight excluding hydrogens is 254 g/mol. The lowest BCUT2D eigenvalue weighted by Gasteiger charge is -2.34. The van der Waals surface area contributed by atoms with E-state index in [1.165, 1.54) is 5.56 Å².